The first kappa shape index (κ1) is 20.4. The molecule has 0 saturated carbocycles. The lowest BCUT2D eigenvalue weighted by molar-refractivity contribution is 0.453. The maximum atomic E-state index is 13.1. The molecule has 1 aliphatic heterocycles. The molecule has 1 saturated heterocycles. The van der Waals surface area contributed by atoms with Crippen LogP contribution in [-0.4, -0.2) is 25.8 Å². The number of hydrogen-bond acceptors (Lipinski definition) is 2. The van der Waals surface area contributed by atoms with E-state index in [4.69, 9.17) is 11.6 Å². The van der Waals surface area contributed by atoms with Crippen LogP contribution < -0.4 is 0 Å². The zero-order chi connectivity index (χ0) is 19.6. The van der Waals surface area contributed by atoms with Crippen molar-refractivity contribution < 1.29 is 8.42 Å². The fourth-order valence-electron chi connectivity index (χ4n) is 3.23. The molecule has 142 valence electrons. The van der Waals surface area contributed by atoms with E-state index < -0.39 is 10.0 Å². The lowest BCUT2D eigenvalue weighted by atomic mass is 9.94. The van der Waals surface area contributed by atoms with E-state index in [9.17, 15) is 8.42 Å². The second kappa shape index (κ2) is 8.34. The van der Waals surface area contributed by atoms with Crippen LogP contribution in [-0.2, 0) is 10.0 Å². The predicted molar refractivity (Wildman–Crippen MR) is 113 cm³/mol. The number of benzene rings is 2. The van der Waals surface area contributed by atoms with Gasteiger partial charge in [0.2, 0.25) is 10.0 Å². The maximum Gasteiger partial charge on any atom is 0.243 e. The van der Waals surface area contributed by atoms with Gasteiger partial charge >= 0.3 is 0 Å². The first-order valence-electron chi connectivity index (χ1n) is 8.66. The van der Waals surface area contributed by atoms with Gasteiger partial charge in [0, 0.05) is 23.5 Å². The number of hydrogen-bond donors (Lipinski definition) is 0. The Morgan fingerprint density at radius 2 is 1.78 bits per heavy atom. The predicted octanol–water partition coefficient (Wildman–Crippen LogP) is 5.54. The maximum absolute atomic E-state index is 13.1. The van der Waals surface area contributed by atoms with E-state index >= 15 is 0 Å². The van der Waals surface area contributed by atoms with Crippen LogP contribution in [0.2, 0.25) is 0 Å². The lowest BCUT2D eigenvalue weighted by Gasteiger charge is -2.19. The van der Waals surface area contributed by atoms with Gasteiger partial charge in [0.1, 0.15) is 0 Å². The van der Waals surface area contributed by atoms with Gasteiger partial charge in [0.25, 0.3) is 0 Å². The van der Waals surface area contributed by atoms with E-state index in [0.29, 0.717) is 13.1 Å². The highest BCUT2D eigenvalue weighted by molar-refractivity contribution is 9.10. The topological polar surface area (TPSA) is 37.4 Å². The smallest absolute Gasteiger partial charge is 0.207 e. The molecule has 1 heterocycles. The molecule has 1 aliphatic rings. The quantitative estimate of drug-likeness (QED) is 0.438. The summed E-state index contributed by atoms with van der Waals surface area (Å²) in [6.07, 6.45) is 0. The zero-order valence-corrected chi connectivity index (χ0v) is 18.4. The van der Waals surface area contributed by atoms with E-state index in [1.807, 2.05) is 44.2 Å². The molecule has 6 heteroatoms. The van der Waals surface area contributed by atoms with Gasteiger partial charge in [-0.2, -0.15) is 4.31 Å². The second-order valence-corrected chi connectivity index (χ2v) is 10.1. The Labute approximate surface area is 174 Å². The van der Waals surface area contributed by atoms with Crippen molar-refractivity contribution >= 4 is 37.6 Å². The monoisotopic (exact) mass is 465 g/mol. The lowest BCUT2D eigenvalue weighted by Crippen LogP contribution is -2.29. The molecule has 2 aromatic carbocycles. The molecule has 2 atom stereocenters. The molecule has 2 aromatic rings. The molecule has 3 rings (SSSR count). The number of halogens is 2. The van der Waals surface area contributed by atoms with Crippen molar-refractivity contribution in [1.82, 2.24) is 4.31 Å². The van der Waals surface area contributed by atoms with Crippen LogP contribution in [0.5, 0.6) is 0 Å². The minimum absolute atomic E-state index is 0.116. The van der Waals surface area contributed by atoms with Crippen molar-refractivity contribution in [2.45, 2.75) is 24.1 Å². The van der Waals surface area contributed by atoms with Crippen molar-refractivity contribution in [3.8, 4) is 0 Å². The average molecular weight is 467 g/mol. The first-order chi connectivity index (χ1) is 12.8. The molecule has 1 fully saturated rings. The summed E-state index contributed by atoms with van der Waals surface area (Å²) in [5, 5.41) is -0.307. The normalized spacial score (nSPS) is 19.0. The molecule has 0 aromatic heterocycles. The van der Waals surface area contributed by atoms with Gasteiger partial charge in [0.15, 0.2) is 0 Å². The summed E-state index contributed by atoms with van der Waals surface area (Å²) in [6.45, 7) is 4.57. The van der Waals surface area contributed by atoms with Gasteiger partial charge in [-0.3, -0.25) is 0 Å². The first-order valence-corrected chi connectivity index (χ1v) is 11.3. The van der Waals surface area contributed by atoms with Crippen LogP contribution >= 0.6 is 27.5 Å². The molecule has 0 bridgehead atoms. The fourth-order valence-corrected chi connectivity index (χ4v) is 5.32. The van der Waals surface area contributed by atoms with Crippen LogP contribution in [0.25, 0.3) is 0 Å². The highest BCUT2D eigenvalue weighted by Gasteiger charge is 2.39. The van der Waals surface area contributed by atoms with E-state index in [1.165, 1.54) is 4.31 Å². The summed E-state index contributed by atoms with van der Waals surface area (Å²) in [5.41, 5.74) is 6.27. The van der Waals surface area contributed by atoms with Crippen LogP contribution in [0.4, 0.5) is 0 Å². The van der Waals surface area contributed by atoms with E-state index in [0.717, 1.165) is 21.2 Å². The third-order valence-corrected chi connectivity index (χ3v) is 7.44. The largest absolute Gasteiger partial charge is 0.243 e. The molecule has 0 amide bonds. The van der Waals surface area contributed by atoms with Crippen molar-refractivity contribution in [2.75, 3.05) is 13.1 Å². The van der Waals surface area contributed by atoms with Crippen molar-refractivity contribution in [2.24, 2.45) is 5.92 Å². The molecular formula is C21H21BrClNO2S. The van der Waals surface area contributed by atoms with Gasteiger partial charge in [0.05, 0.1) is 10.3 Å². The second-order valence-electron chi connectivity index (χ2n) is 6.82. The summed E-state index contributed by atoms with van der Waals surface area (Å²) in [5.74, 6) is -0.116. The van der Waals surface area contributed by atoms with Crippen LogP contribution in [0, 0.1) is 5.92 Å². The van der Waals surface area contributed by atoms with E-state index in [-0.39, 0.29) is 16.2 Å². The molecule has 3 nitrogen and oxygen atoms in total. The number of nitrogens with zero attached hydrogens (tertiary/aromatic N) is 1. The van der Waals surface area contributed by atoms with Gasteiger partial charge in [-0.05, 0) is 54.8 Å². The minimum atomic E-state index is -3.59. The Kier molecular flexibility index (Phi) is 6.29. The highest BCUT2D eigenvalue weighted by Crippen LogP contribution is 2.40. The number of rotatable bonds is 4. The Bertz CT molecular complexity index is 977. The molecule has 0 unspecified atom stereocenters. The molecule has 27 heavy (non-hydrogen) atoms. The van der Waals surface area contributed by atoms with Crippen LogP contribution in [0.15, 0.2) is 80.8 Å². The van der Waals surface area contributed by atoms with Crippen LogP contribution in [0.3, 0.4) is 0 Å². The van der Waals surface area contributed by atoms with Crippen LogP contribution in [0.1, 0.15) is 24.8 Å². The number of sulfonamides is 1. The minimum Gasteiger partial charge on any atom is -0.207 e. The van der Waals surface area contributed by atoms with Gasteiger partial charge < -0.3 is 0 Å². The zero-order valence-electron chi connectivity index (χ0n) is 15.2. The summed E-state index contributed by atoms with van der Waals surface area (Å²) in [4.78, 5) is 0.286. The van der Waals surface area contributed by atoms with Gasteiger partial charge in [-0.25, -0.2) is 8.42 Å². The van der Waals surface area contributed by atoms with E-state index in [1.54, 1.807) is 24.3 Å². The molecular weight excluding hydrogens is 446 g/mol. The molecule has 0 radical (unpaired) electrons. The van der Waals surface area contributed by atoms with Crippen molar-refractivity contribution in [3.63, 3.8) is 0 Å². The molecule has 0 N–H and O–H groups in total. The standard InChI is InChI=1S/C21H21BrClNO2S/c1-15(2)12-17-13-24(27(25,26)19-10-8-18(22)9-11-19)14-20(17)21(23)16-6-4-3-5-7-16/h3-11,20-21H,13-14H2,1-2H3/t20-,21+/m1/s1. The number of alkyl halides is 1. The average Bonchev–Trinajstić information content (AvgIpc) is 3.06. The van der Waals surface area contributed by atoms with Crippen molar-refractivity contribution in [3.05, 3.63) is 81.5 Å². The Hall–Kier alpha value is -1.36. The van der Waals surface area contributed by atoms with Gasteiger partial charge in [-0.15, -0.1) is 17.3 Å². The summed E-state index contributed by atoms with van der Waals surface area (Å²) in [7, 11) is -3.59. The summed E-state index contributed by atoms with van der Waals surface area (Å²) >= 11 is 10.1. The van der Waals surface area contributed by atoms with Gasteiger partial charge in [-0.1, -0.05) is 46.3 Å². The Morgan fingerprint density at radius 3 is 2.37 bits per heavy atom. The Morgan fingerprint density at radius 1 is 1.15 bits per heavy atom. The summed E-state index contributed by atoms with van der Waals surface area (Å²) < 4.78 is 28.6. The third-order valence-electron chi connectivity index (χ3n) is 4.53. The van der Waals surface area contributed by atoms with E-state index in [2.05, 4.69) is 21.7 Å². The molecule has 0 aliphatic carbocycles. The SMILES string of the molecule is CC(C)=C=C1CN(S(=O)(=O)c2ccc(Br)cc2)C[C@H]1[C@@H](Cl)c1ccccc1. The summed E-state index contributed by atoms with van der Waals surface area (Å²) in [6, 6.07) is 16.5. The Balaban J connectivity index is 1.96. The fraction of sp³-hybridized carbons (Fsp3) is 0.286. The highest BCUT2D eigenvalue weighted by atomic mass is 79.9. The van der Waals surface area contributed by atoms with Crippen molar-refractivity contribution in [1.29, 1.82) is 0 Å². The molecule has 0 spiro atoms. The third kappa shape index (κ3) is 4.56.